The highest BCUT2D eigenvalue weighted by atomic mass is 16.3. The molecule has 68 valence electrons. The Hall–Kier alpha value is -0.370. The lowest BCUT2D eigenvalue weighted by molar-refractivity contribution is -0.138. The van der Waals surface area contributed by atoms with Gasteiger partial charge in [0.1, 0.15) is 5.78 Å². The lowest BCUT2D eigenvalue weighted by atomic mass is 9.70. The Bertz CT molecular complexity index is 237. The van der Waals surface area contributed by atoms with Crippen LogP contribution in [0.15, 0.2) is 0 Å². The van der Waals surface area contributed by atoms with E-state index in [-0.39, 0.29) is 22.9 Å². The zero-order valence-electron chi connectivity index (χ0n) is 7.92. The summed E-state index contributed by atoms with van der Waals surface area (Å²) >= 11 is 0. The van der Waals surface area contributed by atoms with Gasteiger partial charge >= 0.3 is 0 Å². The molecule has 3 atom stereocenters. The van der Waals surface area contributed by atoms with Crippen LogP contribution in [0, 0.1) is 16.7 Å². The Morgan fingerprint density at radius 1 is 1.33 bits per heavy atom. The molecule has 0 aromatic rings. The van der Waals surface area contributed by atoms with E-state index in [1.165, 1.54) is 0 Å². The number of carbonyl (C=O) groups is 1. The summed E-state index contributed by atoms with van der Waals surface area (Å²) in [5.74, 6) is 0.556. The molecule has 12 heavy (non-hydrogen) atoms. The monoisotopic (exact) mass is 168 g/mol. The molecule has 1 N–H and O–H groups in total. The maximum Gasteiger partial charge on any atom is 0.144 e. The maximum absolute atomic E-state index is 11.8. The summed E-state index contributed by atoms with van der Waals surface area (Å²) in [5, 5.41) is 9.69. The molecule has 0 unspecified atom stereocenters. The minimum Gasteiger partial charge on any atom is -0.393 e. The average molecular weight is 168 g/mol. The van der Waals surface area contributed by atoms with E-state index in [4.69, 9.17) is 0 Å². The van der Waals surface area contributed by atoms with E-state index in [0.717, 1.165) is 6.42 Å². The van der Waals surface area contributed by atoms with Crippen LogP contribution >= 0.6 is 0 Å². The first-order valence-corrected chi connectivity index (χ1v) is 4.61. The third kappa shape index (κ3) is 0.717. The van der Waals surface area contributed by atoms with Crippen LogP contribution in [0.4, 0.5) is 0 Å². The number of fused-ring (bicyclic) bond motifs is 2. The number of aliphatic hydroxyl groups excluding tert-OH is 1. The van der Waals surface area contributed by atoms with Crippen molar-refractivity contribution in [2.45, 2.75) is 39.7 Å². The van der Waals surface area contributed by atoms with E-state index < -0.39 is 0 Å². The number of hydrogen-bond acceptors (Lipinski definition) is 2. The SMILES string of the molecule is CC1(C)C(=O)[C@]2(C)C[C@@H](O)[C@H]1C2. The molecule has 0 aliphatic heterocycles. The zero-order valence-corrected chi connectivity index (χ0v) is 7.92. The average Bonchev–Trinajstić information content (AvgIpc) is 2.32. The highest BCUT2D eigenvalue weighted by Gasteiger charge is 2.62. The topological polar surface area (TPSA) is 37.3 Å². The van der Waals surface area contributed by atoms with Crippen LogP contribution in [-0.2, 0) is 4.79 Å². The summed E-state index contributed by atoms with van der Waals surface area (Å²) in [6, 6.07) is 0. The van der Waals surface area contributed by atoms with Crippen LogP contribution in [0.25, 0.3) is 0 Å². The smallest absolute Gasteiger partial charge is 0.144 e. The molecule has 0 spiro atoms. The highest BCUT2D eigenvalue weighted by Crippen LogP contribution is 2.59. The van der Waals surface area contributed by atoms with Gasteiger partial charge in [0.15, 0.2) is 0 Å². The van der Waals surface area contributed by atoms with Crippen molar-refractivity contribution >= 4 is 5.78 Å². The molecule has 0 saturated heterocycles. The van der Waals surface area contributed by atoms with Gasteiger partial charge in [-0.1, -0.05) is 20.8 Å². The van der Waals surface area contributed by atoms with Crippen molar-refractivity contribution in [3.63, 3.8) is 0 Å². The number of ketones is 1. The van der Waals surface area contributed by atoms with Crippen LogP contribution < -0.4 is 0 Å². The Kier molecular flexibility index (Phi) is 1.32. The molecular formula is C10H16O2. The molecule has 2 rings (SSSR count). The fourth-order valence-electron chi connectivity index (χ4n) is 3.18. The molecule has 2 nitrogen and oxygen atoms in total. The third-order valence-corrected chi connectivity index (χ3v) is 3.85. The first kappa shape index (κ1) is 8.24. The summed E-state index contributed by atoms with van der Waals surface area (Å²) in [6.07, 6.45) is 1.32. The molecule has 2 heteroatoms. The van der Waals surface area contributed by atoms with Gasteiger partial charge in [-0.25, -0.2) is 0 Å². The van der Waals surface area contributed by atoms with Crippen molar-refractivity contribution in [1.82, 2.24) is 0 Å². The Morgan fingerprint density at radius 3 is 2.25 bits per heavy atom. The Morgan fingerprint density at radius 2 is 1.92 bits per heavy atom. The number of Topliss-reactive ketones (excluding diaryl/α,β-unsaturated/α-hetero) is 1. The molecule has 2 bridgehead atoms. The Labute approximate surface area is 73.0 Å². The van der Waals surface area contributed by atoms with Gasteiger partial charge in [0.25, 0.3) is 0 Å². The number of hydrogen-bond donors (Lipinski definition) is 1. The summed E-state index contributed by atoms with van der Waals surface area (Å²) in [7, 11) is 0. The molecule has 0 aromatic carbocycles. The first-order chi connectivity index (χ1) is 5.38. The molecule has 0 amide bonds. The van der Waals surface area contributed by atoms with Gasteiger partial charge in [-0.05, 0) is 18.8 Å². The van der Waals surface area contributed by atoms with E-state index in [1.807, 2.05) is 20.8 Å². The van der Waals surface area contributed by atoms with E-state index >= 15 is 0 Å². The van der Waals surface area contributed by atoms with Crippen molar-refractivity contribution in [1.29, 1.82) is 0 Å². The molecule has 2 fully saturated rings. The van der Waals surface area contributed by atoms with E-state index in [9.17, 15) is 9.90 Å². The first-order valence-electron chi connectivity index (χ1n) is 4.61. The van der Waals surface area contributed by atoms with Crippen LogP contribution in [0.2, 0.25) is 0 Å². The van der Waals surface area contributed by atoms with E-state index in [1.54, 1.807) is 0 Å². The molecular weight excluding hydrogens is 152 g/mol. The lowest BCUT2D eigenvalue weighted by Crippen LogP contribution is -2.41. The second-order valence-electron chi connectivity index (χ2n) is 5.19. The fraction of sp³-hybridized carbons (Fsp3) is 0.900. The van der Waals surface area contributed by atoms with E-state index in [0.29, 0.717) is 12.2 Å². The highest BCUT2D eigenvalue weighted by molar-refractivity contribution is 5.93. The van der Waals surface area contributed by atoms with Crippen molar-refractivity contribution < 1.29 is 9.90 Å². The predicted octanol–water partition coefficient (Wildman–Crippen LogP) is 1.37. The fourth-order valence-corrected chi connectivity index (χ4v) is 3.18. The van der Waals surface area contributed by atoms with Gasteiger partial charge < -0.3 is 5.11 Å². The number of aliphatic hydroxyl groups is 1. The van der Waals surface area contributed by atoms with Crippen LogP contribution in [0.5, 0.6) is 0 Å². The van der Waals surface area contributed by atoms with Crippen LogP contribution in [0.1, 0.15) is 33.6 Å². The second kappa shape index (κ2) is 1.92. The van der Waals surface area contributed by atoms with E-state index in [2.05, 4.69) is 0 Å². The predicted molar refractivity (Wildman–Crippen MR) is 45.6 cm³/mol. The summed E-state index contributed by atoms with van der Waals surface area (Å²) in [4.78, 5) is 11.8. The molecule has 2 aliphatic rings. The summed E-state index contributed by atoms with van der Waals surface area (Å²) in [6.45, 7) is 5.93. The van der Waals surface area contributed by atoms with Gasteiger partial charge in [0, 0.05) is 10.8 Å². The zero-order chi connectivity index (χ0) is 9.15. The molecule has 2 saturated carbocycles. The molecule has 0 radical (unpaired) electrons. The normalized spacial score (nSPS) is 50.2. The molecule has 0 heterocycles. The minimum atomic E-state index is -0.285. The van der Waals surface area contributed by atoms with Gasteiger partial charge in [0.05, 0.1) is 6.10 Å². The quantitative estimate of drug-likeness (QED) is 0.593. The lowest BCUT2D eigenvalue weighted by Gasteiger charge is -2.34. The van der Waals surface area contributed by atoms with Crippen LogP contribution in [-0.4, -0.2) is 17.0 Å². The second-order valence-corrected chi connectivity index (χ2v) is 5.19. The van der Waals surface area contributed by atoms with Gasteiger partial charge in [-0.3, -0.25) is 4.79 Å². The molecule has 2 aliphatic carbocycles. The van der Waals surface area contributed by atoms with Gasteiger partial charge in [0.2, 0.25) is 0 Å². The third-order valence-electron chi connectivity index (χ3n) is 3.85. The largest absolute Gasteiger partial charge is 0.393 e. The van der Waals surface area contributed by atoms with Crippen molar-refractivity contribution in [3.8, 4) is 0 Å². The standard InChI is InChI=1S/C10H16O2/c1-9(2)6-4-10(3,8(9)12)5-7(6)11/h6-7,11H,4-5H2,1-3H3/t6-,7-,10+/m1/s1. The summed E-state index contributed by atoms with van der Waals surface area (Å²) < 4.78 is 0. The van der Waals surface area contributed by atoms with Crippen molar-refractivity contribution in [2.75, 3.05) is 0 Å². The van der Waals surface area contributed by atoms with Crippen LogP contribution in [0.3, 0.4) is 0 Å². The molecule has 0 aromatic heterocycles. The number of rotatable bonds is 0. The van der Waals surface area contributed by atoms with Crippen molar-refractivity contribution in [2.24, 2.45) is 16.7 Å². The van der Waals surface area contributed by atoms with Crippen molar-refractivity contribution in [3.05, 3.63) is 0 Å². The minimum absolute atomic E-state index is 0.204. The van der Waals surface area contributed by atoms with Gasteiger partial charge in [-0.2, -0.15) is 0 Å². The number of carbonyl (C=O) groups excluding carboxylic acids is 1. The maximum atomic E-state index is 11.8. The Balaban J connectivity index is 2.43. The van der Waals surface area contributed by atoms with Gasteiger partial charge in [-0.15, -0.1) is 0 Å². The summed E-state index contributed by atoms with van der Waals surface area (Å²) in [5.41, 5.74) is -0.500.